The van der Waals surface area contributed by atoms with Crippen molar-refractivity contribution in [2.75, 3.05) is 7.11 Å². The number of thioether (sulfide) groups is 1. The number of benzene rings is 1. The molecule has 0 aliphatic carbocycles. The molecule has 7 heteroatoms. The Kier molecular flexibility index (Phi) is 4.24. The van der Waals surface area contributed by atoms with Gasteiger partial charge in [0, 0.05) is 17.8 Å². The standard InChI is InChI=1S/C15H13N3O3S/c1-20-11-4-2-10(3-5-11)12-8-17-14(21-12)9-22-15-16-7-6-13(19)18-15/h2-8H,9H2,1H3,(H,16,18,19). The van der Waals surface area contributed by atoms with Crippen molar-refractivity contribution in [3.63, 3.8) is 0 Å². The molecule has 0 bridgehead atoms. The molecule has 0 radical (unpaired) electrons. The van der Waals surface area contributed by atoms with Gasteiger partial charge in [0.25, 0.3) is 5.56 Å². The second kappa shape index (κ2) is 6.48. The van der Waals surface area contributed by atoms with Crippen LogP contribution < -0.4 is 10.3 Å². The molecule has 22 heavy (non-hydrogen) atoms. The highest BCUT2D eigenvalue weighted by atomic mass is 32.2. The number of nitrogens with one attached hydrogen (secondary N) is 1. The van der Waals surface area contributed by atoms with Gasteiger partial charge >= 0.3 is 0 Å². The maximum Gasteiger partial charge on any atom is 0.251 e. The molecule has 0 aliphatic heterocycles. The normalized spacial score (nSPS) is 10.6. The number of rotatable bonds is 5. The number of ether oxygens (including phenoxy) is 1. The predicted octanol–water partition coefficient (Wildman–Crippen LogP) is 2.73. The smallest absolute Gasteiger partial charge is 0.251 e. The predicted molar refractivity (Wildman–Crippen MR) is 82.9 cm³/mol. The molecular weight excluding hydrogens is 302 g/mol. The van der Waals surface area contributed by atoms with Crippen molar-refractivity contribution in [2.45, 2.75) is 10.9 Å². The maximum absolute atomic E-state index is 11.2. The van der Waals surface area contributed by atoms with Gasteiger partial charge in [0.05, 0.1) is 19.1 Å². The van der Waals surface area contributed by atoms with Crippen LogP contribution in [0.25, 0.3) is 11.3 Å². The van der Waals surface area contributed by atoms with Crippen molar-refractivity contribution in [1.29, 1.82) is 0 Å². The summed E-state index contributed by atoms with van der Waals surface area (Å²) in [4.78, 5) is 22.1. The average molecular weight is 315 g/mol. The lowest BCUT2D eigenvalue weighted by Gasteiger charge is -2.00. The third-order valence-corrected chi connectivity index (χ3v) is 3.78. The fourth-order valence-electron chi connectivity index (χ4n) is 1.82. The second-order valence-electron chi connectivity index (χ2n) is 4.37. The average Bonchev–Trinajstić information content (AvgIpc) is 3.02. The van der Waals surface area contributed by atoms with Crippen LogP contribution in [0.15, 0.2) is 57.1 Å². The van der Waals surface area contributed by atoms with Gasteiger partial charge in [0.2, 0.25) is 5.89 Å². The zero-order chi connectivity index (χ0) is 15.4. The minimum absolute atomic E-state index is 0.177. The van der Waals surface area contributed by atoms with E-state index in [1.165, 1.54) is 24.0 Å². The first-order valence-electron chi connectivity index (χ1n) is 6.52. The van der Waals surface area contributed by atoms with Crippen LogP contribution >= 0.6 is 11.8 Å². The summed E-state index contributed by atoms with van der Waals surface area (Å²) in [5.41, 5.74) is 0.750. The summed E-state index contributed by atoms with van der Waals surface area (Å²) in [5, 5.41) is 0.539. The number of H-pyrrole nitrogens is 1. The highest BCUT2D eigenvalue weighted by Gasteiger charge is 2.08. The van der Waals surface area contributed by atoms with Crippen LogP contribution in [0.4, 0.5) is 0 Å². The third kappa shape index (κ3) is 3.37. The van der Waals surface area contributed by atoms with Crippen molar-refractivity contribution >= 4 is 11.8 Å². The first-order valence-corrected chi connectivity index (χ1v) is 7.50. The molecule has 0 amide bonds. The monoisotopic (exact) mass is 315 g/mol. The summed E-state index contributed by atoms with van der Waals surface area (Å²) in [5.74, 6) is 2.54. The van der Waals surface area contributed by atoms with Gasteiger partial charge in [-0.15, -0.1) is 0 Å². The van der Waals surface area contributed by atoms with E-state index in [9.17, 15) is 4.79 Å². The summed E-state index contributed by atoms with van der Waals surface area (Å²) in [6, 6.07) is 8.92. The molecule has 0 aliphatic rings. The lowest BCUT2D eigenvalue weighted by molar-refractivity contribution is 0.415. The number of hydrogen-bond donors (Lipinski definition) is 1. The molecule has 0 saturated heterocycles. The lowest BCUT2D eigenvalue weighted by atomic mass is 10.2. The van der Waals surface area contributed by atoms with E-state index in [1.54, 1.807) is 13.3 Å². The summed E-state index contributed by atoms with van der Waals surface area (Å²) in [7, 11) is 1.63. The molecule has 0 fully saturated rings. The minimum Gasteiger partial charge on any atom is -0.497 e. The largest absolute Gasteiger partial charge is 0.497 e. The molecule has 0 atom stereocenters. The SMILES string of the molecule is COc1ccc(-c2cnc(CSc3nccc(=O)[nH]3)o2)cc1. The van der Waals surface area contributed by atoms with E-state index in [1.807, 2.05) is 24.3 Å². The Bertz CT molecular complexity index is 811. The van der Waals surface area contributed by atoms with Gasteiger partial charge in [0.1, 0.15) is 5.75 Å². The molecule has 0 unspecified atom stereocenters. The fourth-order valence-corrected chi connectivity index (χ4v) is 2.52. The van der Waals surface area contributed by atoms with Crippen LogP contribution in [0.5, 0.6) is 5.75 Å². The molecule has 1 N–H and O–H groups in total. The summed E-state index contributed by atoms with van der Waals surface area (Å²) >= 11 is 1.36. The van der Waals surface area contributed by atoms with Crippen LogP contribution in [-0.4, -0.2) is 22.1 Å². The quantitative estimate of drug-likeness (QED) is 0.576. The molecule has 3 rings (SSSR count). The number of methoxy groups -OCH3 is 1. The van der Waals surface area contributed by atoms with Crippen molar-refractivity contribution in [2.24, 2.45) is 0 Å². The number of aromatic nitrogens is 3. The molecule has 1 aromatic carbocycles. The van der Waals surface area contributed by atoms with Gasteiger partial charge in [-0.05, 0) is 24.3 Å². The summed E-state index contributed by atoms with van der Waals surface area (Å²) in [6.45, 7) is 0. The lowest BCUT2D eigenvalue weighted by Crippen LogP contribution is -2.05. The topological polar surface area (TPSA) is 81.0 Å². The molecule has 0 spiro atoms. The van der Waals surface area contributed by atoms with E-state index >= 15 is 0 Å². The first kappa shape index (κ1) is 14.4. The van der Waals surface area contributed by atoms with Crippen LogP contribution in [0.3, 0.4) is 0 Å². The summed E-state index contributed by atoms with van der Waals surface area (Å²) < 4.78 is 10.8. The van der Waals surface area contributed by atoms with Crippen molar-refractivity contribution in [1.82, 2.24) is 15.0 Å². The van der Waals surface area contributed by atoms with E-state index in [0.29, 0.717) is 22.6 Å². The molecule has 2 heterocycles. The number of nitrogens with zero attached hydrogens (tertiary/aromatic N) is 2. The Balaban J connectivity index is 1.69. The van der Waals surface area contributed by atoms with E-state index < -0.39 is 0 Å². The Morgan fingerprint density at radius 3 is 2.77 bits per heavy atom. The van der Waals surface area contributed by atoms with Crippen molar-refractivity contribution < 1.29 is 9.15 Å². The zero-order valence-corrected chi connectivity index (χ0v) is 12.6. The number of aromatic amines is 1. The minimum atomic E-state index is -0.177. The van der Waals surface area contributed by atoms with E-state index in [0.717, 1.165) is 11.3 Å². The van der Waals surface area contributed by atoms with E-state index in [2.05, 4.69) is 15.0 Å². The maximum atomic E-state index is 11.2. The second-order valence-corrected chi connectivity index (χ2v) is 5.34. The Hall–Kier alpha value is -2.54. The van der Waals surface area contributed by atoms with E-state index in [4.69, 9.17) is 9.15 Å². The summed E-state index contributed by atoms with van der Waals surface area (Å²) in [6.07, 6.45) is 3.15. The Morgan fingerprint density at radius 1 is 1.23 bits per heavy atom. The molecule has 0 saturated carbocycles. The number of hydrogen-bond acceptors (Lipinski definition) is 6. The highest BCUT2D eigenvalue weighted by Crippen LogP contribution is 2.25. The molecular formula is C15H13N3O3S. The molecule has 2 aromatic heterocycles. The van der Waals surface area contributed by atoms with E-state index in [-0.39, 0.29) is 5.56 Å². The van der Waals surface area contributed by atoms with Crippen molar-refractivity contribution in [3.8, 4) is 17.1 Å². The van der Waals surface area contributed by atoms with Gasteiger partial charge in [0.15, 0.2) is 10.9 Å². The fraction of sp³-hybridized carbons (Fsp3) is 0.133. The molecule has 112 valence electrons. The van der Waals surface area contributed by atoms with Crippen LogP contribution in [-0.2, 0) is 5.75 Å². The van der Waals surface area contributed by atoms with Gasteiger partial charge in [-0.25, -0.2) is 9.97 Å². The number of oxazole rings is 1. The Labute approximate surface area is 130 Å². The van der Waals surface area contributed by atoms with Crippen molar-refractivity contribution in [3.05, 3.63) is 59.0 Å². The molecule has 3 aromatic rings. The Morgan fingerprint density at radius 2 is 2.05 bits per heavy atom. The van der Waals surface area contributed by atoms with Gasteiger partial charge in [-0.3, -0.25) is 4.79 Å². The highest BCUT2D eigenvalue weighted by molar-refractivity contribution is 7.98. The van der Waals surface area contributed by atoms with Crippen LogP contribution in [0, 0.1) is 0 Å². The first-order chi connectivity index (χ1) is 10.7. The molecule has 6 nitrogen and oxygen atoms in total. The van der Waals surface area contributed by atoms with Gasteiger partial charge in [-0.2, -0.15) is 0 Å². The van der Waals surface area contributed by atoms with Crippen LogP contribution in [0.1, 0.15) is 5.89 Å². The van der Waals surface area contributed by atoms with Crippen LogP contribution in [0.2, 0.25) is 0 Å². The zero-order valence-electron chi connectivity index (χ0n) is 11.8. The third-order valence-electron chi connectivity index (χ3n) is 2.91. The van der Waals surface area contributed by atoms with Gasteiger partial charge < -0.3 is 14.1 Å². The van der Waals surface area contributed by atoms with Gasteiger partial charge in [-0.1, -0.05) is 11.8 Å².